The van der Waals surface area contributed by atoms with Crippen LogP contribution in [0.5, 0.6) is 0 Å². The smallest absolute Gasteiger partial charge is 0.225 e. The molecule has 1 aliphatic rings. The van der Waals surface area contributed by atoms with E-state index in [4.69, 9.17) is 11.6 Å². The molecule has 2 aromatic carbocycles. The molecule has 1 aliphatic heterocycles. The Balaban J connectivity index is 1.48. The van der Waals surface area contributed by atoms with Crippen molar-refractivity contribution in [3.8, 4) is 0 Å². The van der Waals surface area contributed by atoms with Crippen LogP contribution in [0.2, 0.25) is 5.02 Å². The molecule has 1 heterocycles. The third-order valence-electron chi connectivity index (χ3n) is 5.21. The molecule has 1 fully saturated rings. The summed E-state index contributed by atoms with van der Waals surface area (Å²) in [6, 6.07) is 16.1. The number of carbonyl (C=O) groups is 1. The molecule has 0 aliphatic carbocycles. The van der Waals surface area contributed by atoms with Gasteiger partial charge in [-0.25, -0.2) is 0 Å². The molecule has 150 valence electrons. The average molecular weight is 400 g/mol. The van der Waals surface area contributed by atoms with Crippen molar-refractivity contribution >= 4 is 28.9 Å². The van der Waals surface area contributed by atoms with E-state index in [0.717, 1.165) is 43.4 Å². The first kappa shape index (κ1) is 20.7. The lowest BCUT2D eigenvalue weighted by Crippen LogP contribution is -2.47. The first-order valence-electron chi connectivity index (χ1n) is 9.95. The lowest BCUT2D eigenvalue weighted by molar-refractivity contribution is -0.116. The Morgan fingerprint density at radius 1 is 1.04 bits per heavy atom. The second kappa shape index (κ2) is 8.97. The molecule has 1 amide bonds. The van der Waals surface area contributed by atoms with Crippen LogP contribution in [-0.2, 0) is 10.2 Å². The van der Waals surface area contributed by atoms with Gasteiger partial charge in [0.15, 0.2) is 0 Å². The van der Waals surface area contributed by atoms with Gasteiger partial charge in [0.1, 0.15) is 0 Å². The number of piperazine rings is 1. The van der Waals surface area contributed by atoms with Crippen molar-refractivity contribution in [2.45, 2.75) is 32.6 Å². The molecule has 0 atom stereocenters. The van der Waals surface area contributed by atoms with Crippen molar-refractivity contribution < 1.29 is 4.79 Å². The quantitative estimate of drug-likeness (QED) is 0.785. The predicted molar refractivity (Wildman–Crippen MR) is 118 cm³/mol. The summed E-state index contributed by atoms with van der Waals surface area (Å²) in [4.78, 5) is 17.2. The van der Waals surface area contributed by atoms with Crippen LogP contribution in [0.15, 0.2) is 48.5 Å². The van der Waals surface area contributed by atoms with Crippen molar-refractivity contribution in [1.82, 2.24) is 4.90 Å². The lowest BCUT2D eigenvalue weighted by atomic mass is 9.86. The van der Waals surface area contributed by atoms with Crippen molar-refractivity contribution in [3.05, 3.63) is 59.1 Å². The minimum absolute atomic E-state index is 0.000532. The molecule has 3 rings (SSSR count). The molecule has 1 N–H and O–H groups in total. The fraction of sp³-hybridized carbons (Fsp3) is 0.435. The van der Waals surface area contributed by atoms with Gasteiger partial charge in [-0.1, -0.05) is 56.6 Å². The van der Waals surface area contributed by atoms with Gasteiger partial charge in [0.2, 0.25) is 5.91 Å². The number of para-hydroxylation sites is 1. The van der Waals surface area contributed by atoms with E-state index >= 15 is 0 Å². The zero-order valence-corrected chi connectivity index (χ0v) is 17.8. The summed E-state index contributed by atoms with van der Waals surface area (Å²) in [7, 11) is 0. The van der Waals surface area contributed by atoms with Gasteiger partial charge in [-0.2, -0.15) is 0 Å². The van der Waals surface area contributed by atoms with Gasteiger partial charge in [0.25, 0.3) is 0 Å². The summed E-state index contributed by atoms with van der Waals surface area (Å²) >= 11 is 6.10. The predicted octanol–water partition coefficient (Wildman–Crippen LogP) is 4.79. The van der Waals surface area contributed by atoms with E-state index in [-0.39, 0.29) is 11.3 Å². The highest BCUT2D eigenvalue weighted by Gasteiger charge is 2.20. The summed E-state index contributed by atoms with van der Waals surface area (Å²) in [6.45, 7) is 11.1. The summed E-state index contributed by atoms with van der Waals surface area (Å²) in [5.74, 6) is 0.0778. The number of benzene rings is 2. The van der Waals surface area contributed by atoms with E-state index in [2.05, 4.69) is 48.0 Å². The molecule has 0 spiro atoms. The number of halogens is 1. The molecule has 0 aromatic heterocycles. The minimum Gasteiger partial charge on any atom is -0.369 e. The minimum atomic E-state index is 0.000532. The van der Waals surface area contributed by atoms with Gasteiger partial charge in [-0.15, -0.1) is 0 Å². The number of rotatable bonds is 5. The Morgan fingerprint density at radius 2 is 1.75 bits per heavy atom. The van der Waals surface area contributed by atoms with Crippen LogP contribution in [0.1, 0.15) is 32.8 Å². The molecule has 1 saturated heterocycles. The molecule has 4 nitrogen and oxygen atoms in total. The van der Waals surface area contributed by atoms with E-state index in [1.165, 1.54) is 11.3 Å². The molecule has 0 radical (unpaired) electrons. The molecule has 28 heavy (non-hydrogen) atoms. The van der Waals surface area contributed by atoms with Gasteiger partial charge < -0.3 is 10.2 Å². The Morgan fingerprint density at radius 3 is 2.43 bits per heavy atom. The van der Waals surface area contributed by atoms with Crippen LogP contribution in [0.3, 0.4) is 0 Å². The molecule has 0 saturated carbocycles. The first-order valence-corrected chi connectivity index (χ1v) is 10.3. The normalized spacial score (nSPS) is 15.5. The molecule has 0 unspecified atom stereocenters. The van der Waals surface area contributed by atoms with Crippen molar-refractivity contribution in [2.24, 2.45) is 0 Å². The number of hydrogen-bond donors (Lipinski definition) is 1. The van der Waals surface area contributed by atoms with Crippen molar-refractivity contribution in [3.63, 3.8) is 0 Å². The molecular formula is C23H30ClN3O. The summed E-state index contributed by atoms with van der Waals surface area (Å²) in [6.07, 6.45) is 0.510. The first-order chi connectivity index (χ1) is 13.3. The van der Waals surface area contributed by atoms with E-state index in [1.807, 2.05) is 36.4 Å². The van der Waals surface area contributed by atoms with Crippen LogP contribution >= 0.6 is 11.6 Å². The van der Waals surface area contributed by atoms with E-state index in [1.54, 1.807) is 0 Å². The van der Waals surface area contributed by atoms with Crippen LogP contribution < -0.4 is 10.2 Å². The number of anilines is 2. The standard InChI is InChI=1S/C23H30ClN3O/c1-23(2,3)20-9-4-5-10-21(20)25-22(28)11-12-26-13-15-27(16-14-26)19-8-6-7-18(24)17-19/h4-10,17H,11-16H2,1-3H3,(H,25,28). The van der Waals surface area contributed by atoms with Gasteiger partial charge in [-0.05, 0) is 35.2 Å². The fourth-order valence-corrected chi connectivity index (χ4v) is 3.81. The van der Waals surface area contributed by atoms with E-state index in [9.17, 15) is 4.79 Å². The maximum absolute atomic E-state index is 12.5. The fourth-order valence-electron chi connectivity index (χ4n) is 3.62. The molecule has 2 aromatic rings. The second-order valence-electron chi connectivity index (χ2n) is 8.40. The van der Waals surface area contributed by atoms with Gasteiger partial charge in [-0.3, -0.25) is 9.69 Å². The highest BCUT2D eigenvalue weighted by atomic mass is 35.5. The van der Waals surface area contributed by atoms with E-state index in [0.29, 0.717) is 6.42 Å². The maximum atomic E-state index is 12.5. The SMILES string of the molecule is CC(C)(C)c1ccccc1NC(=O)CCN1CCN(c2cccc(Cl)c2)CC1. The maximum Gasteiger partial charge on any atom is 0.225 e. The van der Waals surface area contributed by atoms with Gasteiger partial charge >= 0.3 is 0 Å². The Kier molecular flexibility index (Phi) is 6.63. The molecule has 0 bridgehead atoms. The van der Waals surface area contributed by atoms with Crippen molar-refractivity contribution in [1.29, 1.82) is 0 Å². The number of amides is 1. The third-order valence-corrected chi connectivity index (χ3v) is 5.44. The van der Waals surface area contributed by atoms with Crippen molar-refractivity contribution in [2.75, 3.05) is 42.9 Å². The Hall–Kier alpha value is -2.04. The summed E-state index contributed by atoms with van der Waals surface area (Å²) < 4.78 is 0. The number of hydrogen-bond acceptors (Lipinski definition) is 3. The lowest BCUT2D eigenvalue weighted by Gasteiger charge is -2.36. The Bertz CT molecular complexity index is 807. The highest BCUT2D eigenvalue weighted by molar-refractivity contribution is 6.30. The summed E-state index contributed by atoms with van der Waals surface area (Å²) in [5, 5.41) is 3.88. The third kappa shape index (κ3) is 5.49. The highest BCUT2D eigenvalue weighted by Crippen LogP contribution is 2.29. The largest absolute Gasteiger partial charge is 0.369 e. The molecule has 5 heteroatoms. The summed E-state index contributed by atoms with van der Waals surface area (Å²) in [5.41, 5.74) is 3.26. The van der Waals surface area contributed by atoms with Crippen LogP contribution in [0.4, 0.5) is 11.4 Å². The van der Waals surface area contributed by atoms with E-state index < -0.39 is 0 Å². The Labute approximate surface area is 173 Å². The van der Waals surface area contributed by atoms with Gasteiger partial charge in [0, 0.05) is 55.5 Å². The monoisotopic (exact) mass is 399 g/mol. The number of nitrogens with one attached hydrogen (secondary N) is 1. The second-order valence-corrected chi connectivity index (χ2v) is 8.84. The molecular weight excluding hydrogens is 370 g/mol. The number of carbonyl (C=O) groups excluding carboxylic acids is 1. The van der Waals surface area contributed by atoms with Gasteiger partial charge in [0.05, 0.1) is 0 Å². The zero-order chi connectivity index (χ0) is 20.1. The van der Waals surface area contributed by atoms with Crippen LogP contribution in [0, 0.1) is 0 Å². The number of nitrogens with zero attached hydrogens (tertiary/aromatic N) is 2. The zero-order valence-electron chi connectivity index (χ0n) is 17.0. The average Bonchev–Trinajstić information content (AvgIpc) is 2.66. The van der Waals surface area contributed by atoms with Crippen LogP contribution in [0.25, 0.3) is 0 Å². The topological polar surface area (TPSA) is 35.6 Å². The van der Waals surface area contributed by atoms with Crippen LogP contribution in [-0.4, -0.2) is 43.5 Å².